The predicted octanol–water partition coefficient (Wildman–Crippen LogP) is 3.71. The minimum Gasteiger partial charge on any atom is -0.391 e. The van der Waals surface area contributed by atoms with Crippen molar-refractivity contribution in [2.75, 3.05) is 34.8 Å². The number of allylic oxidation sites excluding steroid dienone is 3. The number of alkyl halides is 2. The molecule has 6 heteroatoms. The summed E-state index contributed by atoms with van der Waals surface area (Å²) in [6.07, 6.45) is 3.92. The molecule has 0 saturated carbocycles. The van der Waals surface area contributed by atoms with Crippen LogP contribution in [-0.4, -0.2) is 57.2 Å². The normalized spacial score (nSPS) is 14.3. The van der Waals surface area contributed by atoms with Gasteiger partial charge in [-0.05, 0) is 17.7 Å². The fourth-order valence-corrected chi connectivity index (χ4v) is 3.51. The maximum atomic E-state index is 9.32. The van der Waals surface area contributed by atoms with Gasteiger partial charge in [-0.2, -0.15) is 23.5 Å². The van der Waals surface area contributed by atoms with E-state index in [2.05, 4.69) is 13.2 Å². The molecule has 2 N–H and O–H groups in total. The fraction of sp³-hybridized carbons (Fsp3) is 0.600. The molecule has 21 heavy (non-hydrogen) atoms. The topological polar surface area (TPSA) is 40.5 Å². The van der Waals surface area contributed by atoms with Crippen LogP contribution in [0.4, 0.5) is 0 Å². The number of aliphatic hydroxyl groups is 2. The number of aliphatic hydroxyl groups excluding tert-OH is 2. The third-order valence-electron chi connectivity index (χ3n) is 2.39. The van der Waals surface area contributed by atoms with Crippen LogP contribution >= 0.6 is 46.7 Å². The Labute approximate surface area is 146 Å². The van der Waals surface area contributed by atoms with Crippen molar-refractivity contribution in [1.29, 1.82) is 0 Å². The number of thioether (sulfide) groups is 2. The average molecular weight is 371 g/mol. The molecule has 0 radical (unpaired) electrons. The molecule has 0 aliphatic carbocycles. The first-order chi connectivity index (χ1) is 9.99. The Morgan fingerprint density at radius 3 is 2.05 bits per heavy atom. The van der Waals surface area contributed by atoms with E-state index in [4.69, 9.17) is 23.2 Å². The van der Waals surface area contributed by atoms with Gasteiger partial charge in [0, 0.05) is 29.0 Å². The molecule has 0 aliphatic heterocycles. The van der Waals surface area contributed by atoms with Gasteiger partial charge in [-0.15, -0.1) is 23.2 Å². The van der Waals surface area contributed by atoms with Gasteiger partial charge in [-0.25, -0.2) is 0 Å². The van der Waals surface area contributed by atoms with E-state index in [1.54, 1.807) is 23.5 Å². The van der Waals surface area contributed by atoms with Gasteiger partial charge in [-0.3, -0.25) is 0 Å². The molecular weight excluding hydrogens is 347 g/mol. The van der Waals surface area contributed by atoms with Gasteiger partial charge < -0.3 is 10.2 Å². The van der Waals surface area contributed by atoms with Crippen molar-refractivity contribution in [1.82, 2.24) is 0 Å². The molecule has 0 aliphatic rings. The van der Waals surface area contributed by atoms with Crippen LogP contribution in [0.3, 0.4) is 0 Å². The Kier molecular flexibility index (Phi) is 14.3. The van der Waals surface area contributed by atoms with Gasteiger partial charge in [0.2, 0.25) is 0 Å². The maximum Gasteiger partial charge on any atom is 0.0765 e. The number of hydrogen-bond donors (Lipinski definition) is 2. The summed E-state index contributed by atoms with van der Waals surface area (Å²) in [6.45, 7) is 7.95. The third-order valence-corrected chi connectivity index (χ3v) is 5.41. The van der Waals surface area contributed by atoms with Gasteiger partial charge in [0.1, 0.15) is 0 Å². The molecular formula is C15H24Cl2O2S2. The molecule has 0 aromatic carbocycles. The van der Waals surface area contributed by atoms with Crippen LogP contribution in [-0.2, 0) is 0 Å². The fourth-order valence-electron chi connectivity index (χ4n) is 1.20. The zero-order chi connectivity index (χ0) is 16.1. The quantitative estimate of drug-likeness (QED) is 0.294. The summed E-state index contributed by atoms with van der Waals surface area (Å²) in [5, 5.41) is 18.6. The first-order valence-electron chi connectivity index (χ1n) is 6.66. The highest BCUT2D eigenvalue weighted by Crippen LogP contribution is 2.13. The summed E-state index contributed by atoms with van der Waals surface area (Å²) in [5.41, 5.74) is 2.03. The lowest BCUT2D eigenvalue weighted by atomic mass is 10.2. The van der Waals surface area contributed by atoms with E-state index in [1.165, 1.54) is 0 Å². The molecule has 0 spiro atoms. The average Bonchev–Trinajstić information content (AvgIpc) is 2.48. The molecule has 0 bridgehead atoms. The van der Waals surface area contributed by atoms with Gasteiger partial charge >= 0.3 is 0 Å². The van der Waals surface area contributed by atoms with Crippen molar-refractivity contribution in [3.05, 3.63) is 36.5 Å². The van der Waals surface area contributed by atoms with E-state index < -0.39 is 12.2 Å². The molecule has 122 valence electrons. The van der Waals surface area contributed by atoms with E-state index in [9.17, 15) is 10.2 Å². The molecule has 2 unspecified atom stereocenters. The molecule has 2 nitrogen and oxygen atoms in total. The summed E-state index contributed by atoms with van der Waals surface area (Å²) in [4.78, 5) is 0. The predicted molar refractivity (Wildman–Crippen MR) is 100 cm³/mol. The van der Waals surface area contributed by atoms with Crippen LogP contribution in [0.1, 0.15) is 6.42 Å². The van der Waals surface area contributed by atoms with Crippen molar-refractivity contribution >= 4 is 46.7 Å². The van der Waals surface area contributed by atoms with Crippen molar-refractivity contribution in [2.24, 2.45) is 0 Å². The first kappa shape index (κ1) is 21.4. The second kappa shape index (κ2) is 14.0. The van der Waals surface area contributed by atoms with Crippen molar-refractivity contribution in [3.63, 3.8) is 0 Å². The molecule has 0 rings (SSSR count). The number of hydrogen-bond acceptors (Lipinski definition) is 4. The smallest absolute Gasteiger partial charge is 0.0765 e. The highest BCUT2D eigenvalue weighted by atomic mass is 35.5. The Morgan fingerprint density at radius 1 is 0.952 bits per heavy atom. The maximum absolute atomic E-state index is 9.32. The van der Waals surface area contributed by atoms with Gasteiger partial charge in [0.15, 0.2) is 0 Å². The molecule has 2 atom stereocenters. The first-order valence-corrected chi connectivity index (χ1v) is 10.0. The second-order valence-electron chi connectivity index (χ2n) is 4.61. The van der Waals surface area contributed by atoms with Crippen LogP contribution in [0.5, 0.6) is 0 Å². The summed E-state index contributed by atoms with van der Waals surface area (Å²) in [7, 11) is 0. The molecule has 0 heterocycles. The minimum atomic E-state index is -0.455. The monoisotopic (exact) mass is 370 g/mol. The van der Waals surface area contributed by atoms with Crippen molar-refractivity contribution in [2.45, 2.75) is 18.6 Å². The third kappa shape index (κ3) is 13.8. The van der Waals surface area contributed by atoms with E-state index in [1.807, 2.05) is 12.2 Å². The Balaban J connectivity index is 3.70. The van der Waals surface area contributed by atoms with Crippen LogP contribution in [0.25, 0.3) is 0 Å². The van der Waals surface area contributed by atoms with Crippen LogP contribution in [0.15, 0.2) is 36.5 Å². The van der Waals surface area contributed by atoms with Crippen LogP contribution in [0, 0.1) is 0 Å². The van der Waals surface area contributed by atoms with E-state index in [0.717, 1.165) is 29.1 Å². The van der Waals surface area contributed by atoms with Crippen LogP contribution in [0.2, 0.25) is 0 Å². The van der Waals surface area contributed by atoms with E-state index in [-0.39, 0.29) is 11.8 Å². The second-order valence-corrected chi connectivity index (χ2v) is 7.40. The lowest BCUT2D eigenvalue weighted by molar-refractivity contribution is 0.223. The number of halogens is 2. The minimum absolute atomic E-state index is 0.266. The van der Waals surface area contributed by atoms with Crippen molar-refractivity contribution < 1.29 is 10.2 Å². The Bertz CT molecular complexity index is 336. The Morgan fingerprint density at radius 2 is 1.48 bits per heavy atom. The summed E-state index contributed by atoms with van der Waals surface area (Å²) >= 11 is 14.3. The standard InChI is InChI=1S/C15H24Cl2O2S2/c1-12(5-6-20-10-14(18)7-16)3-4-13(2)9-21-11-15(19)8-17/h3-4,14-15,18-19H,1-2,5-11H2/b4-3-. The zero-order valence-corrected chi connectivity index (χ0v) is 15.3. The van der Waals surface area contributed by atoms with Gasteiger partial charge in [-0.1, -0.05) is 30.9 Å². The van der Waals surface area contributed by atoms with Crippen molar-refractivity contribution in [3.8, 4) is 0 Å². The number of rotatable bonds is 13. The van der Waals surface area contributed by atoms with Gasteiger partial charge in [0.25, 0.3) is 0 Å². The largest absolute Gasteiger partial charge is 0.391 e. The molecule has 0 fully saturated rings. The lowest BCUT2D eigenvalue weighted by Crippen LogP contribution is -2.11. The SMILES string of the molecule is C=C(/C=C\C(=C)CSCC(O)CCl)CCSCC(O)CCl. The molecule has 0 saturated heterocycles. The molecule has 0 aromatic rings. The summed E-state index contributed by atoms with van der Waals surface area (Å²) in [6, 6.07) is 0. The highest BCUT2D eigenvalue weighted by Gasteiger charge is 2.02. The van der Waals surface area contributed by atoms with Gasteiger partial charge in [0.05, 0.1) is 12.2 Å². The zero-order valence-electron chi connectivity index (χ0n) is 12.1. The Hall–Kier alpha value is 0.420. The summed E-state index contributed by atoms with van der Waals surface area (Å²) in [5.74, 6) is 3.52. The molecule has 0 aromatic heterocycles. The molecule has 0 amide bonds. The van der Waals surface area contributed by atoms with E-state index in [0.29, 0.717) is 11.5 Å². The lowest BCUT2D eigenvalue weighted by Gasteiger charge is -2.07. The summed E-state index contributed by atoms with van der Waals surface area (Å²) < 4.78 is 0. The van der Waals surface area contributed by atoms with Crippen LogP contribution < -0.4 is 0 Å². The highest BCUT2D eigenvalue weighted by molar-refractivity contribution is 7.99. The van der Waals surface area contributed by atoms with E-state index >= 15 is 0 Å².